The number of amides is 1. The molecule has 8 heteroatoms. The number of thioether (sulfide) groups is 1. The van der Waals surface area contributed by atoms with Gasteiger partial charge >= 0.3 is 5.97 Å². The fraction of sp³-hybridized carbons (Fsp3) is 0.222. The highest BCUT2D eigenvalue weighted by atomic mass is 32.2. The number of anilines is 1. The smallest absolute Gasteiger partial charge is 0.316 e. The molecule has 0 saturated carbocycles. The Kier molecular flexibility index (Phi) is 5.85. The van der Waals surface area contributed by atoms with Gasteiger partial charge in [0.25, 0.3) is 5.91 Å². The molecule has 0 atom stereocenters. The van der Waals surface area contributed by atoms with Crippen LogP contribution >= 0.6 is 23.1 Å². The van der Waals surface area contributed by atoms with Crippen LogP contribution in [0.3, 0.4) is 0 Å². The van der Waals surface area contributed by atoms with Crippen molar-refractivity contribution in [3.8, 4) is 0 Å². The molecule has 0 fully saturated rings. The standard InChI is InChI=1S/C18H17N3O3S2/c1-11-4-3-5-12(2)16(11)21-14(22)8-24-15(23)9-26-18-13-6-7-25-17(13)19-10-20-18/h3-7,10H,8-9H2,1-2H3,(H,21,22). The van der Waals surface area contributed by atoms with Crippen molar-refractivity contribution >= 4 is 50.9 Å². The zero-order valence-electron chi connectivity index (χ0n) is 14.3. The Morgan fingerprint density at radius 3 is 2.73 bits per heavy atom. The molecule has 1 N–H and O–H groups in total. The normalized spacial score (nSPS) is 10.7. The second-order valence-corrected chi connectivity index (χ2v) is 7.44. The fourth-order valence-corrected chi connectivity index (χ4v) is 3.96. The summed E-state index contributed by atoms with van der Waals surface area (Å²) in [7, 11) is 0. The van der Waals surface area contributed by atoms with Gasteiger partial charge in [0.15, 0.2) is 6.61 Å². The molecular formula is C18H17N3O3S2. The highest BCUT2D eigenvalue weighted by Crippen LogP contribution is 2.27. The minimum atomic E-state index is -0.464. The van der Waals surface area contributed by atoms with E-state index >= 15 is 0 Å². The maximum absolute atomic E-state index is 12.0. The topological polar surface area (TPSA) is 81.2 Å². The van der Waals surface area contributed by atoms with Crippen LogP contribution in [0.5, 0.6) is 0 Å². The lowest BCUT2D eigenvalue weighted by Gasteiger charge is -2.11. The fourth-order valence-electron chi connectivity index (χ4n) is 2.38. The summed E-state index contributed by atoms with van der Waals surface area (Å²) < 4.78 is 5.06. The van der Waals surface area contributed by atoms with Gasteiger partial charge in [-0.1, -0.05) is 30.0 Å². The molecule has 2 heterocycles. The summed E-state index contributed by atoms with van der Waals surface area (Å²) >= 11 is 2.79. The molecule has 0 saturated heterocycles. The number of benzene rings is 1. The first-order chi connectivity index (χ1) is 12.5. The molecule has 26 heavy (non-hydrogen) atoms. The number of thiophene rings is 1. The SMILES string of the molecule is Cc1cccc(C)c1NC(=O)COC(=O)CSc1ncnc2sccc12. The van der Waals surface area contributed by atoms with E-state index in [0.29, 0.717) is 0 Å². The van der Waals surface area contributed by atoms with Crippen LogP contribution in [-0.2, 0) is 14.3 Å². The number of hydrogen-bond donors (Lipinski definition) is 1. The minimum absolute atomic E-state index is 0.0820. The van der Waals surface area contributed by atoms with Gasteiger partial charge in [0.1, 0.15) is 16.2 Å². The molecule has 0 radical (unpaired) electrons. The number of aryl methyl sites for hydroxylation is 2. The summed E-state index contributed by atoms with van der Waals surface area (Å²) in [5.74, 6) is -0.741. The molecule has 3 rings (SSSR count). The summed E-state index contributed by atoms with van der Waals surface area (Å²) in [6.45, 7) is 3.52. The van der Waals surface area contributed by atoms with E-state index in [1.165, 1.54) is 29.4 Å². The number of hydrogen-bond acceptors (Lipinski definition) is 7. The maximum Gasteiger partial charge on any atom is 0.316 e. The van der Waals surface area contributed by atoms with Gasteiger partial charge in [-0.3, -0.25) is 9.59 Å². The van der Waals surface area contributed by atoms with Crippen molar-refractivity contribution in [2.75, 3.05) is 17.7 Å². The van der Waals surface area contributed by atoms with E-state index < -0.39 is 5.97 Å². The van der Waals surface area contributed by atoms with Gasteiger partial charge in [0, 0.05) is 11.1 Å². The summed E-state index contributed by atoms with van der Waals surface area (Å²) in [4.78, 5) is 33.2. The maximum atomic E-state index is 12.0. The molecule has 134 valence electrons. The Bertz CT molecular complexity index is 936. The highest BCUT2D eigenvalue weighted by Gasteiger charge is 2.12. The molecule has 1 aromatic carbocycles. The molecule has 0 spiro atoms. The lowest BCUT2D eigenvalue weighted by Crippen LogP contribution is -2.22. The largest absolute Gasteiger partial charge is 0.455 e. The van der Waals surface area contributed by atoms with Crippen LogP contribution in [-0.4, -0.2) is 34.2 Å². The van der Waals surface area contributed by atoms with Crippen molar-refractivity contribution in [2.24, 2.45) is 0 Å². The number of nitrogens with one attached hydrogen (secondary N) is 1. The number of esters is 1. The predicted octanol–water partition coefficient (Wildman–Crippen LogP) is 3.58. The molecule has 0 aliphatic rings. The molecule has 3 aromatic rings. The monoisotopic (exact) mass is 387 g/mol. The molecule has 0 aliphatic carbocycles. The van der Waals surface area contributed by atoms with Crippen molar-refractivity contribution in [1.82, 2.24) is 9.97 Å². The third-order valence-corrected chi connectivity index (χ3v) is 5.46. The summed E-state index contributed by atoms with van der Waals surface area (Å²) in [6.07, 6.45) is 1.48. The Hall–Kier alpha value is -2.45. The Labute approximate surface area is 159 Å². The number of para-hydroxylation sites is 1. The van der Waals surface area contributed by atoms with Crippen molar-refractivity contribution < 1.29 is 14.3 Å². The number of aromatic nitrogens is 2. The van der Waals surface area contributed by atoms with E-state index in [4.69, 9.17) is 4.74 Å². The number of fused-ring (bicyclic) bond motifs is 1. The average Bonchev–Trinajstić information content (AvgIpc) is 3.10. The van der Waals surface area contributed by atoms with Crippen molar-refractivity contribution in [1.29, 1.82) is 0 Å². The second kappa shape index (κ2) is 8.29. The van der Waals surface area contributed by atoms with Gasteiger partial charge < -0.3 is 10.1 Å². The molecule has 0 unspecified atom stereocenters. The first-order valence-electron chi connectivity index (χ1n) is 7.87. The van der Waals surface area contributed by atoms with Gasteiger partial charge in [0.05, 0.1) is 5.75 Å². The van der Waals surface area contributed by atoms with Crippen LogP contribution in [0.1, 0.15) is 11.1 Å². The Morgan fingerprint density at radius 2 is 1.96 bits per heavy atom. The Morgan fingerprint density at radius 1 is 1.19 bits per heavy atom. The van der Waals surface area contributed by atoms with Gasteiger partial charge in [-0.15, -0.1) is 11.3 Å². The highest BCUT2D eigenvalue weighted by molar-refractivity contribution is 8.00. The quantitative estimate of drug-likeness (QED) is 0.395. The third kappa shape index (κ3) is 4.39. The van der Waals surface area contributed by atoms with Crippen molar-refractivity contribution in [2.45, 2.75) is 18.9 Å². The van der Waals surface area contributed by atoms with E-state index in [9.17, 15) is 9.59 Å². The second-order valence-electron chi connectivity index (χ2n) is 5.58. The number of rotatable bonds is 6. The van der Waals surface area contributed by atoms with E-state index in [1.807, 2.05) is 43.5 Å². The summed E-state index contributed by atoms with van der Waals surface area (Å²) in [5.41, 5.74) is 2.68. The Balaban J connectivity index is 1.49. The lowest BCUT2D eigenvalue weighted by molar-refractivity contribution is -0.144. The van der Waals surface area contributed by atoms with Gasteiger partial charge in [0.2, 0.25) is 0 Å². The summed E-state index contributed by atoms with van der Waals surface area (Å²) in [6, 6.07) is 7.68. The lowest BCUT2D eigenvalue weighted by atomic mass is 10.1. The minimum Gasteiger partial charge on any atom is -0.455 e. The zero-order valence-corrected chi connectivity index (χ0v) is 15.9. The molecule has 1 amide bonds. The van der Waals surface area contributed by atoms with Crippen LogP contribution in [0.4, 0.5) is 5.69 Å². The van der Waals surface area contributed by atoms with E-state index in [-0.39, 0.29) is 18.3 Å². The number of carbonyl (C=O) groups excluding carboxylic acids is 2. The van der Waals surface area contributed by atoms with Crippen LogP contribution in [0.15, 0.2) is 41.0 Å². The van der Waals surface area contributed by atoms with Crippen LogP contribution in [0.2, 0.25) is 0 Å². The van der Waals surface area contributed by atoms with Gasteiger partial charge in [-0.25, -0.2) is 9.97 Å². The molecular weight excluding hydrogens is 370 g/mol. The molecule has 0 aliphatic heterocycles. The van der Waals surface area contributed by atoms with E-state index in [0.717, 1.165) is 32.1 Å². The average molecular weight is 387 g/mol. The van der Waals surface area contributed by atoms with Crippen molar-refractivity contribution in [3.05, 3.63) is 47.1 Å². The van der Waals surface area contributed by atoms with E-state index in [2.05, 4.69) is 15.3 Å². The van der Waals surface area contributed by atoms with Gasteiger partial charge in [-0.05, 0) is 36.4 Å². The molecule has 6 nitrogen and oxygen atoms in total. The molecule has 2 aromatic heterocycles. The number of carbonyl (C=O) groups is 2. The predicted molar refractivity (Wildman–Crippen MR) is 104 cm³/mol. The first kappa shape index (κ1) is 18.3. The van der Waals surface area contributed by atoms with Crippen LogP contribution in [0, 0.1) is 13.8 Å². The first-order valence-corrected chi connectivity index (χ1v) is 9.74. The number of ether oxygens (including phenoxy) is 1. The van der Waals surface area contributed by atoms with Crippen LogP contribution < -0.4 is 5.32 Å². The third-order valence-electron chi connectivity index (χ3n) is 3.66. The zero-order chi connectivity index (χ0) is 18.5. The number of nitrogens with zero attached hydrogens (tertiary/aromatic N) is 2. The van der Waals surface area contributed by atoms with Gasteiger partial charge in [-0.2, -0.15) is 0 Å². The summed E-state index contributed by atoms with van der Waals surface area (Å²) in [5, 5.41) is 6.37. The molecule has 0 bridgehead atoms. The van der Waals surface area contributed by atoms with Crippen molar-refractivity contribution in [3.63, 3.8) is 0 Å². The van der Waals surface area contributed by atoms with Crippen LogP contribution in [0.25, 0.3) is 10.2 Å². The van der Waals surface area contributed by atoms with E-state index in [1.54, 1.807) is 0 Å².